The van der Waals surface area contributed by atoms with Crippen molar-refractivity contribution >= 4 is 46.7 Å². The Morgan fingerprint density at radius 2 is 1.64 bits per heavy atom. The van der Waals surface area contributed by atoms with E-state index in [0.29, 0.717) is 24.0 Å². The lowest BCUT2D eigenvalue weighted by atomic mass is 9.58. The zero-order valence-electron chi connectivity index (χ0n) is 26.0. The van der Waals surface area contributed by atoms with Gasteiger partial charge in [-0.3, -0.25) is 19.7 Å². The smallest absolute Gasteiger partial charge is 0.308 e. The minimum Gasteiger partial charge on any atom is -0.510 e. The van der Waals surface area contributed by atoms with Crippen LogP contribution in [0.15, 0.2) is 34.1 Å². The molecule has 4 atom stereocenters. The predicted molar refractivity (Wildman–Crippen MR) is 163 cm³/mol. The van der Waals surface area contributed by atoms with E-state index in [0.717, 1.165) is 11.3 Å². The summed E-state index contributed by atoms with van der Waals surface area (Å²) in [6.07, 6.45) is 0.778. The molecule has 2 fully saturated rings. The zero-order valence-corrected chi connectivity index (χ0v) is 27.5. The number of carbonyl (C=O) groups excluding carboxylic acids is 3. The number of ether oxygens (including phenoxy) is 5. The first-order valence-corrected chi connectivity index (χ1v) is 15.6. The number of aliphatic hydroxyl groups is 1. The summed E-state index contributed by atoms with van der Waals surface area (Å²) in [6.45, 7) is 2.97. The van der Waals surface area contributed by atoms with Crippen molar-refractivity contribution in [3.63, 3.8) is 0 Å². The van der Waals surface area contributed by atoms with E-state index in [1.807, 2.05) is 30.0 Å². The Morgan fingerprint density at radius 1 is 1.02 bits per heavy atom. The summed E-state index contributed by atoms with van der Waals surface area (Å²) < 4.78 is 31.0. The van der Waals surface area contributed by atoms with Gasteiger partial charge in [0, 0.05) is 50.2 Å². The molecule has 2 saturated heterocycles. The molecule has 3 aliphatic carbocycles. The highest BCUT2D eigenvalue weighted by atomic mass is 35.5. The first kappa shape index (κ1) is 32.2. The number of rotatable bonds is 4. The molecule has 2 amide bonds. The molecule has 6 rings (SSSR count). The van der Waals surface area contributed by atoms with Crippen molar-refractivity contribution in [1.29, 1.82) is 0 Å². The number of amides is 2. The van der Waals surface area contributed by atoms with Crippen LogP contribution < -0.4 is 15.0 Å². The van der Waals surface area contributed by atoms with Crippen LogP contribution in [-0.4, -0.2) is 99.1 Å². The van der Waals surface area contributed by atoms with Crippen LogP contribution >= 0.6 is 23.2 Å². The van der Waals surface area contributed by atoms with Gasteiger partial charge in [0.05, 0.1) is 43.6 Å². The molecule has 1 aromatic carbocycles. The molecule has 14 heteroatoms. The molecule has 5 aliphatic rings. The molecule has 0 aromatic heterocycles. The maximum Gasteiger partial charge on any atom is 0.308 e. The van der Waals surface area contributed by atoms with Gasteiger partial charge in [-0.1, -0.05) is 11.6 Å². The number of fused-ring (bicyclic) bond motifs is 6. The van der Waals surface area contributed by atoms with E-state index in [9.17, 15) is 19.5 Å². The predicted octanol–water partition coefficient (Wildman–Crippen LogP) is 2.70. The van der Waals surface area contributed by atoms with Crippen LogP contribution in [0.2, 0.25) is 0 Å². The summed E-state index contributed by atoms with van der Waals surface area (Å²) in [5.41, 5.74) is 2.31. The molecule has 0 radical (unpaired) electrons. The van der Waals surface area contributed by atoms with Gasteiger partial charge < -0.3 is 38.6 Å². The fourth-order valence-electron chi connectivity index (χ4n) is 7.94. The third-order valence-corrected chi connectivity index (χ3v) is 10.4. The summed E-state index contributed by atoms with van der Waals surface area (Å²) in [7, 11) is 7.42. The van der Waals surface area contributed by atoms with Crippen molar-refractivity contribution in [1.82, 2.24) is 10.2 Å². The number of halogens is 2. The van der Waals surface area contributed by atoms with Crippen LogP contribution in [0.4, 0.5) is 5.69 Å². The number of aliphatic hydroxyl groups excluding tert-OH is 1. The van der Waals surface area contributed by atoms with Gasteiger partial charge in [-0.2, -0.15) is 0 Å². The number of esters is 1. The normalized spacial score (nSPS) is 29.5. The number of nitrogens with zero attached hydrogens (tertiary/aromatic N) is 2. The molecule has 244 valence electrons. The Hall–Kier alpha value is -2.71. The van der Waals surface area contributed by atoms with Crippen molar-refractivity contribution in [2.75, 3.05) is 59.5 Å². The Kier molecular flexibility index (Phi) is 8.04. The Morgan fingerprint density at radius 3 is 2.20 bits per heavy atom. The summed E-state index contributed by atoms with van der Waals surface area (Å²) >= 11 is 14.8. The molecule has 12 nitrogen and oxygen atoms in total. The van der Waals surface area contributed by atoms with Crippen molar-refractivity contribution in [3.05, 3.63) is 45.2 Å². The van der Waals surface area contributed by atoms with Crippen molar-refractivity contribution in [2.45, 2.75) is 49.2 Å². The van der Waals surface area contributed by atoms with Crippen LogP contribution in [0.5, 0.6) is 5.75 Å². The van der Waals surface area contributed by atoms with E-state index in [1.54, 1.807) is 20.2 Å². The SMILES string of the molecule is CC(=O)NC(=O)C1=C(Cl)[C@@H](N(C)C)[C@@H]2C[C@@H]3Cc4c(N(C)C)ccc(OC(C)=O)c4C4(OCCO4)C3=C(O)[C@]2(Cl)C12OCCO2. The minimum atomic E-state index is -2.06. The number of nitrogens with one attached hydrogen (secondary N) is 1. The van der Waals surface area contributed by atoms with E-state index in [-0.39, 0.29) is 54.5 Å². The third-order valence-electron chi connectivity index (χ3n) is 9.33. The first-order valence-electron chi connectivity index (χ1n) is 14.8. The van der Waals surface area contributed by atoms with Gasteiger partial charge in [0.15, 0.2) is 4.87 Å². The molecule has 2 aliphatic heterocycles. The van der Waals surface area contributed by atoms with Crippen molar-refractivity contribution < 1.29 is 43.2 Å². The van der Waals surface area contributed by atoms with Crippen LogP contribution in [-0.2, 0) is 45.5 Å². The molecule has 2 heterocycles. The topological polar surface area (TPSA) is 136 Å². The lowest BCUT2D eigenvalue weighted by molar-refractivity contribution is -0.191. The second-order valence-electron chi connectivity index (χ2n) is 12.4. The second-order valence-corrected chi connectivity index (χ2v) is 13.4. The van der Waals surface area contributed by atoms with E-state index in [2.05, 4.69) is 5.32 Å². The van der Waals surface area contributed by atoms with Crippen LogP contribution in [0, 0.1) is 11.8 Å². The number of hydrogen-bond acceptors (Lipinski definition) is 11. The third kappa shape index (κ3) is 4.48. The molecule has 0 bridgehead atoms. The lowest BCUT2D eigenvalue weighted by Crippen LogP contribution is -2.69. The van der Waals surface area contributed by atoms with Crippen LogP contribution in [0.3, 0.4) is 0 Å². The van der Waals surface area contributed by atoms with E-state index in [1.165, 1.54) is 13.8 Å². The molecular weight excluding hydrogens is 629 g/mol. The quantitative estimate of drug-likeness (QED) is 0.279. The van der Waals surface area contributed by atoms with E-state index >= 15 is 0 Å². The second kappa shape index (κ2) is 11.2. The highest BCUT2D eigenvalue weighted by Crippen LogP contribution is 2.66. The van der Waals surface area contributed by atoms with Gasteiger partial charge >= 0.3 is 5.97 Å². The summed E-state index contributed by atoms with van der Waals surface area (Å²) in [6, 6.07) is 2.88. The molecule has 2 N–H and O–H groups in total. The van der Waals surface area contributed by atoms with Crippen molar-refractivity contribution in [3.8, 4) is 5.75 Å². The van der Waals surface area contributed by atoms with Crippen molar-refractivity contribution in [2.24, 2.45) is 11.8 Å². The fourth-order valence-corrected chi connectivity index (χ4v) is 9.01. The summed E-state index contributed by atoms with van der Waals surface area (Å²) in [5, 5.41) is 15.1. The highest BCUT2D eigenvalue weighted by molar-refractivity contribution is 6.35. The Balaban J connectivity index is 1.67. The minimum absolute atomic E-state index is 0.0463. The highest BCUT2D eigenvalue weighted by Gasteiger charge is 2.74. The Bertz CT molecular complexity index is 1530. The van der Waals surface area contributed by atoms with E-state index in [4.69, 9.17) is 46.9 Å². The number of likely N-dealkylation sites (N-methyl/N-ethyl adjacent to an activating group) is 1. The number of alkyl halides is 1. The standard InChI is InChI=1S/C31H37Cl2N3O9/c1-15(37)34-28(40)24-25(32)26(36(5)6)19-14-17-13-18-20(35(3)4)7-8-21(45-16(2)38)23(18)30(41-9-10-42-30)22(17)27(39)29(19,33)31(24)43-11-12-44-31/h7-8,17,19,26,39H,9-14H2,1-6H3,(H,34,37,40)/t17-,19-,26-,29-/m0/s1. The van der Waals surface area contributed by atoms with Gasteiger partial charge in [-0.15, -0.1) is 11.6 Å². The van der Waals surface area contributed by atoms with E-state index < -0.39 is 46.2 Å². The van der Waals surface area contributed by atoms with Gasteiger partial charge in [-0.05, 0) is 50.6 Å². The lowest BCUT2D eigenvalue weighted by Gasteiger charge is -2.58. The van der Waals surface area contributed by atoms with Crippen LogP contribution in [0.25, 0.3) is 0 Å². The molecule has 2 spiro atoms. The first-order chi connectivity index (χ1) is 21.2. The zero-order chi connectivity index (χ0) is 32.6. The summed E-state index contributed by atoms with van der Waals surface area (Å²) in [4.78, 5) is 39.9. The van der Waals surface area contributed by atoms with Crippen LogP contribution in [0.1, 0.15) is 31.4 Å². The molecular formula is C31H37Cl2N3O9. The van der Waals surface area contributed by atoms with Gasteiger partial charge in [0.1, 0.15) is 11.5 Å². The monoisotopic (exact) mass is 665 g/mol. The molecule has 0 saturated carbocycles. The number of benzene rings is 1. The number of imide groups is 1. The number of carbonyl (C=O) groups is 3. The maximum atomic E-state index is 13.7. The Labute approximate surface area is 271 Å². The molecule has 1 aromatic rings. The fraction of sp³-hybridized carbons (Fsp3) is 0.581. The van der Waals surface area contributed by atoms with Gasteiger partial charge in [0.2, 0.25) is 17.5 Å². The maximum absolute atomic E-state index is 13.7. The number of anilines is 1. The average molecular weight is 667 g/mol. The van der Waals surface area contributed by atoms with Gasteiger partial charge in [0.25, 0.3) is 5.91 Å². The summed E-state index contributed by atoms with van der Waals surface area (Å²) in [5.74, 6) is -6.86. The molecule has 0 unspecified atom stereocenters. The molecule has 45 heavy (non-hydrogen) atoms. The average Bonchev–Trinajstić information content (AvgIpc) is 3.61. The van der Waals surface area contributed by atoms with Gasteiger partial charge in [-0.25, -0.2) is 0 Å². The number of hydrogen-bond donors (Lipinski definition) is 2. The largest absolute Gasteiger partial charge is 0.510 e.